The van der Waals surface area contributed by atoms with Crippen molar-refractivity contribution in [2.24, 2.45) is 10.9 Å². The van der Waals surface area contributed by atoms with Gasteiger partial charge in [0.2, 0.25) is 0 Å². The van der Waals surface area contributed by atoms with Crippen LogP contribution in [0.15, 0.2) is 10.4 Å². The van der Waals surface area contributed by atoms with Gasteiger partial charge in [-0.3, -0.25) is 4.99 Å². The van der Waals surface area contributed by atoms with E-state index in [2.05, 4.69) is 20.6 Å². The van der Waals surface area contributed by atoms with E-state index in [1.165, 1.54) is 12.8 Å². The monoisotopic (exact) mass is 306 g/mol. The molecular weight excluding hydrogens is 289 g/mol. The highest BCUT2D eigenvalue weighted by Crippen LogP contribution is 2.30. The van der Waals surface area contributed by atoms with Crippen molar-refractivity contribution in [1.29, 1.82) is 0 Å². The topological polar surface area (TPSA) is 49.3 Å². The van der Waals surface area contributed by atoms with Gasteiger partial charge in [0.25, 0.3) is 0 Å². The summed E-state index contributed by atoms with van der Waals surface area (Å²) in [6.07, 6.45) is -1.40. The van der Waals surface area contributed by atoms with Crippen LogP contribution in [0.1, 0.15) is 23.5 Å². The molecule has 1 aliphatic rings. The molecule has 0 spiro atoms. The molecule has 1 aliphatic carbocycles. The smallest absolute Gasteiger partial charge is 0.356 e. The van der Waals surface area contributed by atoms with Crippen LogP contribution in [0.4, 0.5) is 13.2 Å². The molecule has 2 N–H and O–H groups in total. The summed E-state index contributed by atoms with van der Waals surface area (Å²) in [4.78, 5) is 7.64. The molecule has 0 aromatic carbocycles. The minimum Gasteiger partial charge on any atom is -0.356 e. The van der Waals surface area contributed by atoms with Crippen molar-refractivity contribution in [2.45, 2.75) is 25.4 Å². The SMILES string of the molecule is CN=C(NCCc1nc(C(F)(F)F)cs1)NCC1CC1. The lowest BCUT2D eigenvalue weighted by atomic mass is 10.4. The Labute approximate surface area is 119 Å². The fourth-order valence-corrected chi connectivity index (χ4v) is 2.43. The van der Waals surface area contributed by atoms with E-state index in [1.54, 1.807) is 7.05 Å². The molecule has 0 unspecified atom stereocenters. The van der Waals surface area contributed by atoms with Crippen molar-refractivity contribution in [2.75, 3.05) is 20.1 Å². The van der Waals surface area contributed by atoms with Crippen LogP contribution >= 0.6 is 11.3 Å². The summed E-state index contributed by atoms with van der Waals surface area (Å²) in [5, 5.41) is 7.79. The van der Waals surface area contributed by atoms with Gasteiger partial charge in [-0.1, -0.05) is 0 Å². The number of nitrogens with zero attached hydrogens (tertiary/aromatic N) is 2. The summed E-state index contributed by atoms with van der Waals surface area (Å²) < 4.78 is 37.2. The average Bonchev–Trinajstić information content (AvgIpc) is 3.08. The summed E-state index contributed by atoms with van der Waals surface area (Å²) in [5.41, 5.74) is -0.811. The third kappa shape index (κ3) is 4.66. The first-order valence-electron chi connectivity index (χ1n) is 6.45. The Bertz CT molecular complexity index is 466. The van der Waals surface area contributed by atoms with Crippen LogP contribution in [0.2, 0.25) is 0 Å². The molecule has 1 aromatic heterocycles. The predicted octanol–water partition coefficient (Wildman–Crippen LogP) is 2.28. The highest BCUT2D eigenvalue weighted by atomic mass is 32.1. The molecule has 2 rings (SSSR count). The quantitative estimate of drug-likeness (QED) is 0.648. The predicted molar refractivity (Wildman–Crippen MR) is 72.9 cm³/mol. The van der Waals surface area contributed by atoms with Crippen molar-refractivity contribution >= 4 is 17.3 Å². The number of alkyl halides is 3. The molecule has 20 heavy (non-hydrogen) atoms. The van der Waals surface area contributed by atoms with Gasteiger partial charge in [0.05, 0.1) is 5.01 Å². The van der Waals surface area contributed by atoms with Crippen LogP contribution in [0.3, 0.4) is 0 Å². The van der Waals surface area contributed by atoms with E-state index >= 15 is 0 Å². The minimum absolute atomic E-state index is 0.449. The van der Waals surface area contributed by atoms with Gasteiger partial charge in [0, 0.05) is 31.9 Å². The molecule has 4 nitrogen and oxygen atoms in total. The van der Waals surface area contributed by atoms with E-state index < -0.39 is 11.9 Å². The number of halogens is 3. The number of guanidine groups is 1. The van der Waals surface area contributed by atoms with Gasteiger partial charge in [-0.2, -0.15) is 13.2 Å². The second-order valence-corrected chi connectivity index (χ2v) is 5.64. The Hall–Kier alpha value is -1.31. The zero-order valence-corrected chi connectivity index (χ0v) is 11.9. The van der Waals surface area contributed by atoms with E-state index in [-0.39, 0.29) is 0 Å². The van der Waals surface area contributed by atoms with E-state index in [0.29, 0.717) is 23.9 Å². The van der Waals surface area contributed by atoms with Crippen molar-refractivity contribution in [3.8, 4) is 0 Å². The summed E-state index contributed by atoms with van der Waals surface area (Å²) in [7, 11) is 1.67. The highest BCUT2D eigenvalue weighted by molar-refractivity contribution is 7.09. The first-order chi connectivity index (χ1) is 9.49. The lowest BCUT2D eigenvalue weighted by Crippen LogP contribution is -2.39. The first kappa shape index (κ1) is 15.1. The summed E-state index contributed by atoms with van der Waals surface area (Å²) >= 11 is 1.03. The molecule has 112 valence electrons. The molecule has 8 heteroatoms. The Morgan fingerprint density at radius 2 is 2.20 bits per heavy atom. The summed E-state index contributed by atoms with van der Waals surface area (Å²) in [6, 6.07) is 0. The molecule has 1 fully saturated rings. The standard InChI is InChI=1S/C12H17F3N4S/c1-16-11(18-6-8-2-3-8)17-5-4-10-19-9(7-20-10)12(13,14)15/h7-8H,2-6H2,1H3,(H2,16,17,18). The van der Waals surface area contributed by atoms with E-state index in [1.807, 2.05) is 0 Å². The maximum absolute atomic E-state index is 12.4. The maximum atomic E-state index is 12.4. The maximum Gasteiger partial charge on any atom is 0.434 e. The molecule has 1 saturated carbocycles. The van der Waals surface area contributed by atoms with Gasteiger partial charge in [0.15, 0.2) is 11.7 Å². The van der Waals surface area contributed by atoms with Gasteiger partial charge in [0.1, 0.15) is 0 Å². The van der Waals surface area contributed by atoms with E-state index in [0.717, 1.165) is 29.2 Å². The van der Waals surface area contributed by atoms with Crippen molar-refractivity contribution < 1.29 is 13.2 Å². The van der Waals surface area contributed by atoms with E-state index in [9.17, 15) is 13.2 Å². The number of aromatic nitrogens is 1. The van der Waals surface area contributed by atoms with Crippen molar-refractivity contribution in [1.82, 2.24) is 15.6 Å². The van der Waals surface area contributed by atoms with Gasteiger partial charge in [-0.05, 0) is 18.8 Å². The molecule has 1 heterocycles. The number of hydrogen-bond donors (Lipinski definition) is 2. The molecule has 0 bridgehead atoms. The largest absolute Gasteiger partial charge is 0.434 e. The molecule has 1 aromatic rings. The van der Waals surface area contributed by atoms with Crippen LogP contribution in [-0.4, -0.2) is 31.1 Å². The molecule has 0 saturated heterocycles. The lowest BCUT2D eigenvalue weighted by molar-refractivity contribution is -0.140. The number of nitrogens with one attached hydrogen (secondary N) is 2. The van der Waals surface area contributed by atoms with Gasteiger partial charge in [-0.15, -0.1) is 11.3 Å². The Balaban J connectivity index is 1.72. The Morgan fingerprint density at radius 1 is 1.45 bits per heavy atom. The number of rotatable bonds is 5. The number of thiazole rings is 1. The van der Waals surface area contributed by atoms with Crippen molar-refractivity contribution in [3.63, 3.8) is 0 Å². The number of hydrogen-bond acceptors (Lipinski definition) is 3. The van der Waals surface area contributed by atoms with Crippen LogP contribution in [0, 0.1) is 5.92 Å². The third-order valence-corrected chi connectivity index (χ3v) is 3.86. The molecule has 0 amide bonds. The second kappa shape index (κ2) is 6.43. The zero-order valence-electron chi connectivity index (χ0n) is 11.1. The molecular formula is C12H17F3N4S. The van der Waals surface area contributed by atoms with Crippen LogP contribution in [-0.2, 0) is 12.6 Å². The number of aliphatic imine (C=N–C) groups is 1. The first-order valence-corrected chi connectivity index (χ1v) is 7.33. The summed E-state index contributed by atoms with van der Waals surface area (Å²) in [6.45, 7) is 1.41. The lowest BCUT2D eigenvalue weighted by Gasteiger charge is -2.10. The average molecular weight is 306 g/mol. The molecule has 0 radical (unpaired) electrons. The zero-order chi connectivity index (χ0) is 14.6. The second-order valence-electron chi connectivity index (χ2n) is 4.70. The van der Waals surface area contributed by atoms with E-state index in [4.69, 9.17) is 0 Å². The minimum atomic E-state index is -4.36. The van der Waals surface area contributed by atoms with Gasteiger partial charge in [-0.25, -0.2) is 4.98 Å². The van der Waals surface area contributed by atoms with Gasteiger partial charge < -0.3 is 10.6 Å². The molecule has 0 aliphatic heterocycles. The Morgan fingerprint density at radius 3 is 2.75 bits per heavy atom. The van der Waals surface area contributed by atoms with Crippen LogP contribution < -0.4 is 10.6 Å². The van der Waals surface area contributed by atoms with Crippen molar-refractivity contribution in [3.05, 3.63) is 16.1 Å². The van der Waals surface area contributed by atoms with Crippen LogP contribution in [0.5, 0.6) is 0 Å². The normalized spacial score (nSPS) is 16.3. The van der Waals surface area contributed by atoms with Gasteiger partial charge >= 0.3 is 6.18 Å². The molecule has 0 atom stereocenters. The Kier molecular flexibility index (Phi) is 4.85. The summed E-state index contributed by atoms with van der Waals surface area (Å²) in [5.74, 6) is 1.42. The third-order valence-electron chi connectivity index (χ3n) is 2.95. The highest BCUT2D eigenvalue weighted by Gasteiger charge is 2.33. The fraction of sp³-hybridized carbons (Fsp3) is 0.667. The fourth-order valence-electron chi connectivity index (χ4n) is 1.63. The van der Waals surface area contributed by atoms with Crippen LogP contribution in [0.25, 0.3) is 0 Å².